The Bertz CT molecular complexity index is 955. The summed E-state index contributed by atoms with van der Waals surface area (Å²) in [5.74, 6) is 0.138. The van der Waals surface area contributed by atoms with Gasteiger partial charge in [0, 0.05) is 35.7 Å². The molecular formula is C20H18FNO3. The number of likely N-dealkylation sites (N-methyl/N-ethyl adjacent to an activating group) is 1. The molecule has 0 bridgehead atoms. The normalized spacial score (nSPS) is 11.6. The predicted molar refractivity (Wildman–Crippen MR) is 95.9 cm³/mol. The fourth-order valence-corrected chi connectivity index (χ4v) is 2.73. The number of methoxy groups -OCH3 is 1. The number of nitrogens with one attached hydrogen (secondary N) is 1. The van der Waals surface area contributed by atoms with Gasteiger partial charge in [-0.1, -0.05) is 12.1 Å². The van der Waals surface area contributed by atoms with Crippen molar-refractivity contribution in [2.75, 3.05) is 14.2 Å². The van der Waals surface area contributed by atoms with Crippen molar-refractivity contribution < 1.29 is 18.3 Å². The van der Waals surface area contributed by atoms with Gasteiger partial charge in [-0.2, -0.15) is 0 Å². The molecule has 1 amide bonds. The molecule has 0 unspecified atom stereocenters. The van der Waals surface area contributed by atoms with Crippen LogP contribution >= 0.6 is 0 Å². The van der Waals surface area contributed by atoms with Crippen LogP contribution in [0.3, 0.4) is 0 Å². The minimum absolute atomic E-state index is 0.189. The molecule has 25 heavy (non-hydrogen) atoms. The summed E-state index contributed by atoms with van der Waals surface area (Å²) >= 11 is 0. The number of hydrogen-bond donors (Lipinski definition) is 1. The second-order valence-electron chi connectivity index (χ2n) is 5.65. The summed E-state index contributed by atoms with van der Waals surface area (Å²) < 4.78 is 24.3. The highest BCUT2D eigenvalue weighted by Gasteiger charge is 2.14. The van der Waals surface area contributed by atoms with Crippen LogP contribution in [0.25, 0.3) is 27.7 Å². The van der Waals surface area contributed by atoms with Crippen LogP contribution in [-0.2, 0) is 4.79 Å². The third kappa shape index (κ3) is 3.26. The average Bonchev–Trinajstić information content (AvgIpc) is 3.03. The first-order valence-electron chi connectivity index (χ1n) is 7.79. The molecule has 0 saturated carbocycles. The van der Waals surface area contributed by atoms with Crippen molar-refractivity contribution in [2.45, 2.75) is 6.92 Å². The van der Waals surface area contributed by atoms with Crippen molar-refractivity contribution in [2.24, 2.45) is 0 Å². The van der Waals surface area contributed by atoms with Crippen LogP contribution in [0.15, 0.2) is 53.2 Å². The highest BCUT2D eigenvalue weighted by molar-refractivity contribution is 6.00. The minimum Gasteiger partial charge on any atom is -0.496 e. The Morgan fingerprint density at radius 3 is 2.60 bits per heavy atom. The number of furan rings is 1. The Labute approximate surface area is 144 Å². The third-order valence-electron chi connectivity index (χ3n) is 4.07. The molecule has 5 heteroatoms. The maximum absolute atomic E-state index is 13.2. The molecule has 0 aliphatic rings. The fraction of sp³-hybridized carbons (Fsp3) is 0.150. The molecule has 128 valence electrons. The van der Waals surface area contributed by atoms with Gasteiger partial charge >= 0.3 is 0 Å². The Kier molecular flexibility index (Phi) is 4.57. The van der Waals surface area contributed by atoms with Crippen LogP contribution in [0, 0.1) is 5.82 Å². The molecule has 3 rings (SSSR count). The molecule has 2 aromatic carbocycles. The Balaban J connectivity index is 2.17. The van der Waals surface area contributed by atoms with Gasteiger partial charge in [0.05, 0.1) is 13.4 Å². The summed E-state index contributed by atoms with van der Waals surface area (Å²) in [6, 6.07) is 9.95. The molecule has 0 spiro atoms. The van der Waals surface area contributed by atoms with Crippen molar-refractivity contribution in [3.05, 3.63) is 60.1 Å². The van der Waals surface area contributed by atoms with Crippen molar-refractivity contribution in [3.8, 4) is 16.9 Å². The first-order chi connectivity index (χ1) is 12.0. The Morgan fingerprint density at radius 2 is 1.96 bits per heavy atom. The summed E-state index contributed by atoms with van der Waals surface area (Å²) in [7, 11) is 3.15. The van der Waals surface area contributed by atoms with E-state index in [2.05, 4.69) is 5.32 Å². The topological polar surface area (TPSA) is 51.5 Å². The lowest BCUT2D eigenvalue weighted by Gasteiger charge is -2.10. The molecule has 4 nitrogen and oxygen atoms in total. The lowest BCUT2D eigenvalue weighted by atomic mass is 9.99. The van der Waals surface area contributed by atoms with Crippen LogP contribution < -0.4 is 10.1 Å². The van der Waals surface area contributed by atoms with Gasteiger partial charge in [0.15, 0.2) is 0 Å². The van der Waals surface area contributed by atoms with Gasteiger partial charge < -0.3 is 14.5 Å². The minimum atomic E-state index is -0.289. The monoisotopic (exact) mass is 339 g/mol. The summed E-state index contributed by atoms with van der Waals surface area (Å²) in [6.07, 6.45) is 3.15. The van der Waals surface area contributed by atoms with Crippen LogP contribution in [0.4, 0.5) is 4.39 Å². The smallest absolute Gasteiger partial charge is 0.244 e. The summed E-state index contributed by atoms with van der Waals surface area (Å²) in [6.45, 7) is 1.84. The zero-order valence-electron chi connectivity index (χ0n) is 14.2. The van der Waals surface area contributed by atoms with Gasteiger partial charge in [-0.05, 0) is 36.3 Å². The van der Waals surface area contributed by atoms with Gasteiger partial charge in [0.1, 0.15) is 17.1 Å². The number of ether oxygens (including phenoxy) is 1. The van der Waals surface area contributed by atoms with E-state index in [-0.39, 0.29) is 11.7 Å². The number of rotatable bonds is 4. The average molecular weight is 339 g/mol. The lowest BCUT2D eigenvalue weighted by molar-refractivity contribution is -0.116. The van der Waals surface area contributed by atoms with Crippen molar-refractivity contribution in [3.63, 3.8) is 0 Å². The molecule has 1 heterocycles. The van der Waals surface area contributed by atoms with Crippen molar-refractivity contribution >= 4 is 22.4 Å². The molecule has 0 radical (unpaired) electrons. The van der Waals surface area contributed by atoms with E-state index in [0.29, 0.717) is 11.3 Å². The molecule has 0 atom stereocenters. The van der Waals surface area contributed by atoms with Crippen LogP contribution in [-0.4, -0.2) is 20.1 Å². The summed E-state index contributed by atoms with van der Waals surface area (Å²) in [5, 5.41) is 3.44. The SMILES string of the molecule is CNC(=O)/C=C(\C)c1cc2c(-c3ccc(F)cc3)coc2cc1OC. The number of amides is 1. The van der Waals surface area contributed by atoms with Crippen molar-refractivity contribution in [1.29, 1.82) is 0 Å². The third-order valence-corrected chi connectivity index (χ3v) is 4.07. The van der Waals surface area contributed by atoms with E-state index in [1.54, 1.807) is 38.6 Å². The highest BCUT2D eigenvalue weighted by atomic mass is 19.1. The van der Waals surface area contributed by atoms with E-state index in [9.17, 15) is 9.18 Å². The largest absolute Gasteiger partial charge is 0.496 e. The standard InChI is InChI=1S/C20H18FNO3/c1-12(8-20(23)22-2)15-9-16-17(13-4-6-14(21)7-5-13)11-25-19(16)10-18(15)24-3/h4-11H,1-3H3,(H,22,23)/b12-8+. The zero-order valence-corrected chi connectivity index (χ0v) is 14.2. The molecule has 1 N–H and O–H groups in total. The molecule has 0 aliphatic heterocycles. The fourth-order valence-electron chi connectivity index (χ4n) is 2.73. The first kappa shape index (κ1) is 16.8. The first-order valence-corrected chi connectivity index (χ1v) is 7.79. The second-order valence-corrected chi connectivity index (χ2v) is 5.65. The number of carbonyl (C=O) groups is 1. The number of hydrogen-bond acceptors (Lipinski definition) is 3. The lowest BCUT2D eigenvalue weighted by Crippen LogP contribution is -2.14. The van der Waals surface area contributed by atoms with Gasteiger partial charge in [0.2, 0.25) is 5.91 Å². The maximum Gasteiger partial charge on any atom is 0.244 e. The van der Waals surface area contributed by atoms with E-state index in [1.165, 1.54) is 18.2 Å². The van der Waals surface area contributed by atoms with E-state index in [1.807, 2.05) is 13.0 Å². The summed E-state index contributed by atoms with van der Waals surface area (Å²) in [4.78, 5) is 11.6. The molecule has 3 aromatic rings. The molecular weight excluding hydrogens is 321 g/mol. The van der Waals surface area contributed by atoms with Crippen LogP contribution in [0.1, 0.15) is 12.5 Å². The number of halogens is 1. The Hall–Kier alpha value is -3.08. The summed E-state index contributed by atoms with van der Waals surface area (Å²) in [5.41, 5.74) is 3.93. The van der Waals surface area contributed by atoms with E-state index < -0.39 is 0 Å². The van der Waals surface area contributed by atoms with Crippen molar-refractivity contribution in [1.82, 2.24) is 5.32 Å². The van der Waals surface area contributed by atoms with Gasteiger partial charge in [-0.25, -0.2) is 4.39 Å². The molecule has 0 fully saturated rings. The van der Waals surface area contributed by atoms with Gasteiger partial charge in [0.25, 0.3) is 0 Å². The number of carbonyl (C=O) groups excluding carboxylic acids is 1. The van der Waals surface area contributed by atoms with Crippen LogP contribution in [0.2, 0.25) is 0 Å². The zero-order chi connectivity index (χ0) is 18.0. The van der Waals surface area contributed by atoms with Gasteiger partial charge in [-0.15, -0.1) is 0 Å². The highest BCUT2D eigenvalue weighted by Crippen LogP contribution is 2.37. The Morgan fingerprint density at radius 1 is 1.24 bits per heavy atom. The number of fused-ring (bicyclic) bond motifs is 1. The predicted octanol–water partition coefficient (Wildman–Crippen LogP) is 4.40. The van der Waals surface area contributed by atoms with E-state index in [0.717, 1.165) is 27.6 Å². The van der Waals surface area contributed by atoms with Crippen LogP contribution in [0.5, 0.6) is 5.75 Å². The molecule has 1 aromatic heterocycles. The number of benzene rings is 2. The van der Waals surface area contributed by atoms with E-state index in [4.69, 9.17) is 9.15 Å². The van der Waals surface area contributed by atoms with E-state index >= 15 is 0 Å². The molecule has 0 saturated heterocycles. The maximum atomic E-state index is 13.2. The molecule has 0 aliphatic carbocycles. The van der Waals surface area contributed by atoms with Gasteiger partial charge in [-0.3, -0.25) is 4.79 Å². The number of allylic oxidation sites excluding steroid dienone is 1. The quantitative estimate of drug-likeness (QED) is 0.717. The second kappa shape index (κ2) is 6.81.